The van der Waals surface area contributed by atoms with Gasteiger partial charge >= 0.3 is 0 Å². The SMILES string of the molecule is CN(C)CCNC(=O)c1cccc(-c2ccc(S(=O)(=O)n3ccc(/C=C/C(=O)NO)c3)cc2)c1. The molecule has 0 unspecified atom stereocenters. The number of carbonyl (C=O) groups is 2. The van der Waals surface area contributed by atoms with Gasteiger partial charge in [-0.15, -0.1) is 0 Å². The van der Waals surface area contributed by atoms with Crippen LogP contribution in [0, 0.1) is 0 Å². The molecule has 3 aromatic rings. The number of hydrogen-bond donors (Lipinski definition) is 3. The van der Waals surface area contributed by atoms with E-state index in [1.165, 1.54) is 42.1 Å². The molecule has 3 rings (SSSR count). The Hall–Kier alpha value is -3.73. The van der Waals surface area contributed by atoms with Gasteiger partial charge in [0.2, 0.25) is 0 Å². The van der Waals surface area contributed by atoms with Crippen LogP contribution in [0.15, 0.2) is 78.0 Å². The standard InChI is InChI=1S/C24H26N4O5S/c1-27(2)15-13-25-24(30)21-5-3-4-20(16-21)19-7-9-22(10-8-19)34(32,33)28-14-12-18(17-28)6-11-23(29)26-31/h3-12,14,16-17,31H,13,15H2,1-2H3,(H,25,30)(H,26,29)/b11-6+. The van der Waals surface area contributed by atoms with Gasteiger partial charge in [0.05, 0.1) is 4.90 Å². The fourth-order valence-corrected chi connectivity index (χ4v) is 4.33. The lowest BCUT2D eigenvalue weighted by Gasteiger charge is -2.11. The molecular weight excluding hydrogens is 456 g/mol. The van der Waals surface area contributed by atoms with Crippen molar-refractivity contribution in [2.24, 2.45) is 0 Å². The molecule has 1 aromatic heterocycles. The Morgan fingerprint density at radius 2 is 1.79 bits per heavy atom. The van der Waals surface area contributed by atoms with Gasteiger partial charge in [0.15, 0.2) is 0 Å². The molecule has 0 bridgehead atoms. The van der Waals surface area contributed by atoms with E-state index < -0.39 is 15.9 Å². The molecule has 0 atom stereocenters. The second kappa shape index (κ2) is 10.9. The van der Waals surface area contributed by atoms with Crippen molar-refractivity contribution in [3.8, 4) is 11.1 Å². The Balaban J connectivity index is 1.76. The molecule has 0 fully saturated rings. The molecular formula is C24H26N4O5S. The van der Waals surface area contributed by atoms with Gasteiger partial charge in [-0.2, -0.15) is 0 Å². The molecule has 178 valence electrons. The van der Waals surface area contributed by atoms with E-state index in [0.717, 1.165) is 27.7 Å². The van der Waals surface area contributed by atoms with Crippen LogP contribution in [0.25, 0.3) is 17.2 Å². The lowest BCUT2D eigenvalue weighted by molar-refractivity contribution is -0.124. The molecule has 0 saturated carbocycles. The third-order valence-electron chi connectivity index (χ3n) is 4.96. The van der Waals surface area contributed by atoms with E-state index in [4.69, 9.17) is 5.21 Å². The minimum absolute atomic E-state index is 0.0908. The number of nitrogens with one attached hydrogen (secondary N) is 2. The van der Waals surface area contributed by atoms with Crippen LogP contribution in [0.1, 0.15) is 15.9 Å². The summed E-state index contributed by atoms with van der Waals surface area (Å²) in [5.74, 6) is -0.891. The Morgan fingerprint density at radius 1 is 1.06 bits per heavy atom. The average molecular weight is 483 g/mol. The van der Waals surface area contributed by atoms with Crippen LogP contribution < -0.4 is 10.8 Å². The van der Waals surface area contributed by atoms with Crippen molar-refractivity contribution in [3.05, 3.63) is 84.2 Å². The summed E-state index contributed by atoms with van der Waals surface area (Å²) in [5.41, 5.74) is 4.03. The van der Waals surface area contributed by atoms with Crippen LogP contribution in [-0.2, 0) is 14.8 Å². The number of nitrogens with zero attached hydrogens (tertiary/aromatic N) is 2. The summed E-state index contributed by atoms with van der Waals surface area (Å²) in [7, 11) is 0.0297. The van der Waals surface area contributed by atoms with Crippen LogP contribution >= 0.6 is 0 Å². The second-order valence-corrected chi connectivity index (χ2v) is 9.60. The third kappa shape index (κ3) is 6.19. The summed E-state index contributed by atoms with van der Waals surface area (Å²) in [6.45, 7) is 1.27. The molecule has 0 aliphatic heterocycles. The first-order valence-corrected chi connectivity index (χ1v) is 11.8. The van der Waals surface area contributed by atoms with Crippen LogP contribution in [-0.4, -0.2) is 61.5 Å². The van der Waals surface area contributed by atoms with Crippen LogP contribution in [0.3, 0.4) is 0 Å². The van der Waals surface area contributed by atoms with E-state index in [1.54, 1.807) is 30.3 Å². The van der Waals surface area contributed by atoms with E-state index in [2.05, 4.69) is 5.32 Å². The van der Waals surface area contributed by atoms with E-state index in [1.807, 2.05) is 25.1 Å². The molecule has 0 spiro atoms. The molecule has 2 aromatic carbocycles. The topological polar surface area (TPSA) is 121 Å². The van der Waals surface area contributed by atoms with Gasteiger partial charge < -0.3 is 10.2 Å². The smallest absolute Gasteiger partial charge is 0.267 e. The quantitative estimate of drug-likeness (QED) is 0.244. The van der Waals surface area contributed by atoms with Crippen molar-refractivity contribution in [2.75, 3.05) is 27.2 Å². The molecule has 0 radical (unpaired) electrons. The number of hydrogen-bond acceptors (Lipinski definition) is 6. The number of aromatic nitrogens is 1. The summed E-state index contributed by atoms with van der Waals surface area (Å²) in [6, 6.07) is 15.0. The molecule has 3 N–H and O–H groups in total. The predicted octanol–water partition coefficient (Wildman–Crippen LogP) is 2.20. The lowest BCUT2D eigenvalue weighted by Crippen LogP contribution is -2.31. The minimum Gasteiger partial charge on any atom is -0.351 e. The maximum Gasteiger partial charge on any atom is 0.267 e. The van der Waals surface area contributed by atoms with Gasteiger partial charge in [-0.1, -0.05) is 24.3 Å². The highest BCUT2D eigenvalue weighted by Gasteiger charge is 2.17. The Labute approximate surface area is 198 Å². The third-order valence-corrected chi connectivity index (χ3v) is 6.61. The van der Waals surface area contributed by atoms with E-state index in [0.29, 0.717) is 17.7 Å². The fourth-order valence-electron chi connectivity index (χ4n) is 3.13. The summed E-state index contributed by atoms with van der Waals surface area (Å²) in [4.78, 5) is 25.6. The van der Waals surface area contributed by atoms with Gasteiger partial charge in [-0.3, -0.25) is 14.8 Å². The molecule has 0 saturated heterocycles. The van der Waals surface area contributed by atoms with E-state index in [-0.39, 0.29) is 10.8 Å². The van der Waals surface area contributed by atoms with Gasteiger partial charge in [-0.05, 0) is 67.2 Å². The van der Waals surface area contributed by atoms with E-state index in [9.17, 15) is 18.0 Å². The monoisotopic (exact) mass is 482 g/mol. The maximum absolute atomic E-state index is 12.9. The summed E-state index contributed by atoms with van der Waals surface area (Å²) >= 11 is 0. The van der Waals surface area contributed by atoms with Crippen molar-refractivity contribution in [3.63, 3.8) is 0 Å². The fraction of sp³-hybridized carbons (Fsp3) is 0.167. The average Bonchev–Trinajstić information content (AvgIpc) is 3.32. The highest BCUT2D eigenvalue weighted by atomic mass is 32.2. The Bertz CT molecular complexity index is 1290. The first-order valence-electron chi connectivity index (χ1n) is 10.4. The van der Waals surface area contributed by atoms with Crippen LogP contribution in [0.5, 0.6) is 0 Å². The summed E-state index contributed by atoms with van der Waals surface area (Å²) in [6.07, 6.45) is 5.20. The molecule has 34 heavy (non-hydrogen) atoms. The maximum atomic E-state index is 12.9. The van der Waals surface area contributed by atoms with Gasteiger partial charge in [-0.25, -0.2) is 17.9 Å². The number of hydroxylamine groups is 1. The predicted molar refractivity (Wildman–Crippen MR) is 129 cm³/mol. The molecule has 9 nitrogen and oxygen atoms in total. The first kappa shape index (κ1) is 24.9. The van der Waals surface area contributed by atoms with Crippen LogP contribution in [0.2, 0.25) is 0 Å². The largest absolute Gasteiger partial charge is 0.351 e. The minimum atomic E-state index is -3.84. The van der Waals surface area contributed by atoms with Crippen molar-refractivity contribution in [2.45, 2.75) is 4.90 Å². The molecule has 0 aliphatic carbocycles. The zero-order valence-electron chi connectivity index (χ0n) is 18.8. The van der Waals surface area contributed by atoms with Crippen molar-refractivity contribution in [1.29, 1.82) is 0 Å². The second-order valence-electron chi connectivity index (χ2n) is 7.75. The first-order chi connectivity index (χ1) is 16.2. The van der Waals surface area contributed by atoms with Crippen molar-refractivity contribution >= 4 is 27.9 Å². The normalized spacial score (nSPS) is 11.6. The highest BCUT2D eigenvalue weighted by molar-refractivity contribution is 7.90. The van der Waals surface area contributed by atoms with Gasteiger partial charge in [0.1, 0.15) is 0 Å². The number of rotatable bonds is 9. The number of likely N-dealkylation sites (N-methyl/N-ethyl adjacent to an activating group) is 1. The van der Waals surface area contributed by atoms with Gasteiger partial charge in [0, 0.05) is 37.1 Å². The Morgan fingerprint density at radius 3 is 2.47 bits per heavy atom. The Kier molecular flexibility index (Phi) is 8.00. The van der Waals surface area contributed by atoms with E-state index >= 15 is 0 Å². The molecule has 1 heterocycles. The zero-order valence-corrected chi connectivity index (χ0v) is 19.6. The molecule has 2 amide bonds. The van der Waals surface area contributed by atoms with Crippen molar-refractivity contribution in [1.82, 2.24) is 19.7 Å². The number of amides is 2. The lowest BCUT2D eigenvalue weighted by atomic mass is 10.0. The summed E-state index contributed by atoms with van der Waals surface area (Å²) < 4.78 is 26.9. The molecule has 10 heteroatoms. The molecule has 0 aliphatic rings. The summed E-state index contributed by atoms with van der Waals surface area (Å²) in [5, 5.41) is 11.4. The number of benzene rings is 2. The number of carbonyl (C=O) groups excluding carboxylic acids is 2. The highest BCUT2D eigenvalue weighted by Crippen LogP contribution is 2.24. The van der Waals surface area contributed by atoms with Crippen LogP contribution in [0.4, 0.5) is 0 Å². The van der Waals surface area contributed by atoms with Gasteiger partial charge in [0.25, 0.3) is 21.8 Å². The van der Waals surface area contributed by atoms with Crippen molar-refractivity contribution < 1.29 is 23.2 Å². The zero-order chi connectivity index (χ0) is 24.7.